The van der Waals surface area contributed by atoms with E-state index in [0.717, 1.165) is 24.6 Å². The van der Waals surface area contributed by atoms with Crippen LogP contribution in [-0.4, -0.2) is 23.0 Å². The molecule has 4 heteroatoms. The first-order chi connectivity index (χ1) is 6.70. The second-order valence-electron chi connectivity index (χ2n) is 4.41. The van der Waals surface area contributed by atoms with E-state index >= 15 is 0 Å². The van der Waals surface area contributed by atoms with E-state index in [1.165, 1.54) is 5.69 Å². The van der Waals surface area contributed by atoms with Crippen LogP contribution in [0.1, 0.15) is 17.2 Å². The highest BCUT2D eigenvalue weighted by Gasteiger charge is 2.56. The zero-order valence-electron chi connectivity index (χ0n) is 8.53. The minimum atomic E-state index is 0.618. The molecule has 1 aliphatic carbocycles. The standard InChI is InChI=1S/C10H15N3O/c1-5-9(12-13(2)10(5)11)8-6-3-14-4-7(6)8/h6-8H,3-4,11H2,1-2H3. The van der Waals surface area contributed by atoms with Gasteiger partial charge in [0, 0.05) is 18.5 Å². The topological polar surface area (TPSA) is 53.1 Å². The van der Waals surface area contributed by atoms with Crippen molar-refractivity contribution in [2.75, 3.05) is 18.9 Å². The van der Waals surface area contributed by atoms with E-state index in [-0.39, 0.29) is 0 Å². The Morgan fingerprint density at radius 1 is 1.43 bits per heavy atom. The highest BCUT2D eigenvalue weighted by molar-refractivity contribution is 5.45. The molecular formula is C10H15N3O. The number of ether oxygens (including phenoxy) is 1. The highest BCUT2D eigenvalue weighted by atomic mass is 16.5. The van der Waals surface area contributed by atoms with Gasteiger partial charge in [-0.25, -0.2) is 0 Å². The van der Waals surface area contributed by atoms with Gasteiger partial charge in [-0.1, -0.05) is 0 Å². The number of fused-ring (bicyclic) bond motifs is 1. The summed E-state index contributed by atoms with van der Waals surface area (Å²) in [7, 11) is 1.90. The quantitative estimate of drug-likeness (QED) is 0.713. The zero-order chi connectivity index (χ0) is 9.87. The van der Waals surface area contributed by atoms with Crippen LogP contribution in [0.4, 0.5) is 5.82 Å². The number of rotatable bonds is 1. The number of hydrogen-bond acceptors (Lipinski definition) is 3. The van der Waals surface area contributed by atoms with Gasteiger partial charge < -0.3 is 10.5 Å². The van der Waals surface area contributed by atoms with Crippen molar-refractivity contribution < 1.29 is 4.74 Å². The molecule has 4 nitrogen and oxygen atoms in total. The predicted octanol–water partition coefficient (Wildman–Crippen LogP) is 0.671. The van der Waals surface area contributed by atoms with E-state index in [0.29, 0.717) is 17.8 Å². The lowest BCUT2D eigenvalue weighted by molar-refractivity contribution is 0.159. The largest absolute Gasteiger partial charge is 0.384 e. The van der Waals surface area contributed by atoms with E-state index in [1.807, 2.05) is 7.05 Å². The number of aryl methyl sites for hydroxylation is 1. The Kier molecular flexibility index (Phi) is 1.49. The maximum absolute atomic E-state index is 5.89. The molecule has 0 spiro atoms. The molecule has 2 aliphatic rings. The minimum absolute atomic E-state index is 0.618. The molecule has 0 aromatic carbocycles. The second-order valence-corrected chi connectivity index (χ2v) is 4.41. The first kappa shape index (κ1) is 8.29. The molecule has 2 unspecified atom stereocenters. The average molecular weight is 193 g/mol. The number of aromatic nitrogens is 2. The molecule has 14 heavy (non-hydrogen) atoms. The van der Waals surface area contributed by atoms with Crippen LogP contribution in [0.2, 0.25) is 0 Å². The van der Waals surface area contributed by atoms with Crippen molar-refractivity contribution >= 4 is 5.82 Å². The van der Waals surface area contributed by atoms with Crippen molar-refractivity contribution in [2.24, 2.45) is 18.9 Å². The lowest BCUT2D eigenvalue weighted by atomic mass is 10.1. The first-order valence-electron chi connectivity index (χ1n) is 5.07. The van der Waals surface area contributed by atoms with Crippen molar-refractivity contribution in [3.63, 3.8) is 0 Å². The van der Waals surface area contributed by atoms with Gasteiger partial charge in [0.25, 0.3) is 0 Å². The molecule has 1 saturated carbocycles. The molecule has 2 atom stereocenters. The van der Waals surface area contributed by atoms with Gasteiger partial charge in [0.05, 0.1) is 18.9 Å². The fraction of sp³-hybridized carbons (Fsp3) is 0.700. The summed E-state index contributed by atoms with van der Waals surface area (Å²) in [6, 6.07) is 0. The van der Waals surface area contributed by atoms with Gasteiger partial charge in [0.2, 0.25) is 0 Å². The van der Waals surface area contributed by atoms with E-state index in [9.17, 15) is 0 Å². The Morgan fingerprint density at radius 2 is 2.07 bits per heavy atom. The van der Waals surface area contributed by atoms with Crippen LogP contribution in [0.15, 0.2) is 0 Å². The Labute approximate surface area is 83.0 Å². The summed E-state index contributed by atoms with van der Waals surface area (Å²) in [5.41, 5.74) is 8.24. The van der Waals surface area contributed by atoms with E-state index in [4.69, 9.17) is 10.5 Å². The van der Waals surface area contributed by atoms with Crippen LogP contribution in [-0.2, 0) is 11.8 Å². The summed E-state index contributed by atoms with van der Waals surface area (Å²) in [6.45, 7) is 3.88. The normalized spacial score (nSPS) is 34.6. The van der Waals surface area contributed by atoms with Crippen LogP contribution < -0.4 is 5.73 Å². The molecule has 76 valence electrons. The third-order valence-electron chi connectivity index (χ3n) is 3.64. The van der Waals surface area contributed by atoms with Gasteiger partial charge in [-0.2, -0.15) is 5.10 Å². The maximum Gasteiger partial charge on any atom is 0.124 e. The molecule has 0 bridgehead atoms. The fourth-order valence-corrected chi connectivity index (χ4v) is 2.63. The number of anilines is 1. The van der Waals surface area contributed by atoms with Crippen molar-refractivity contribution in [3.05, 3.63) is 11.3 Å². The molecule has 2 heterocycles. The molecule has 0 amide bonds. The number of nitrogens with zero attached hydrogens (tertiary/aromatic N) is 2. The van der Waals surface area contributed by atoms with E-state index in [1.54, 1.807) is 4.68 Å². The third-order valence-corrected chi connectivity index (χ3v) is 3.64. The summed E-state index contributed by atoms with van der Waals surface area (Å²) in [4.78, 5) is 0. The van der Waals surface area contributed by atoms with Gasteiger partial charge in [-0.15, -0.1) is 0 Å². The molecule has 2 fully saturated rings. The SMILES string of the molecule is Cc1c(C2C3COCC32)nn(C)c1N. The van der Waals surface area contributed by atoms with Crippen LogP contribution >= 0.6 is 0 Å². The summed E-state index contributed by atoms with van der Waals surface area (Å²) in [6.07, 6.45) is 0. The van der Waals surface area contributed by atoms with Gasteiger partial charge >= 0.3 is 0 Å². The Hall–Kier alpha value is -1.03. The highest BCUT2D eigenvalue weighted by Crippen LogP contribution is 2.57. The van der Waals surface area contributed by atoms with Gasteiger partial charge in [0.15, 0.2) is 0 Å². The van der Waals surface area contributed by atoms with Gasteiger partial charge in [-0.3, -0.25) is 4.68 Å². The predicted molar refractivity (Wildman–Crippen MR) is 52.9 cm³/mol. The molecule has 3 rings (SSSR count). The lowest BCUT2D eigenvalue weighted by Gasteiger charge is -2.01. The van der Waals surface area contributed by atoms with Crippen molar-refractivity contribution in [1.82, 2.24) is 9.78 Å². The smallest absolute Gasteiger partial charge is 0.124 e. The minimum Gasteiger partial charge on any atom is -0.384 e. The molecule has 2 N–H and O–H groups in total. The Morgan fingerprint density at radius 3 is 2.57 bits per heavy atom. The zero-order valence-corrected chi connectivity index (χ0v) is 8.53. The van der Waals surface area contributed by atoms with Gasteiger partial charge in [-0.05, 0) is 18.8 Å². The summed E-state index contributed by atoms with van der Waals surface area (Å²) in [5.74, 6) is 2.84. The summed E-state index contributed by atoms with van der Waals surface area (Å²) >= 11 is 0. The van der Waals surface area contributed by atoms with Crippen LogP contribution in [0.3, 0.4) is 0 Å². The second kappa shape index (κ2) is 2.51. The molecule has 0 radical (unpaired) electrons. The van der Waals surface area contributed by atoms with E-state index in [2.05, 4.69) is 12.0 Å². The lowest BCUT2D eigenvalue weighted by Crippen LogP contribution is -1.99. The first-order valence-corrected chi connectivity index (χ1v) is 5.07. The molecule has 1 aromatic heterocycles. The van der Waals surface area contributed by atoms with Crippen LogP contribution in [0.25, 0.3) is 0 Å². The summed E-state index contributed by atoms with van der Waals surface area (Å²) in [5, 5.41) is 4.49. The number of nitrogen functional groups attached to an aromatic ring is 1. The fourth-order valence-electron chi connectivity index (χ4n) is 2.63. The monoisotopic (exact) mass is 193 g/mol. The third kappa shape index (κ3) is 0.892. The van der Waals surface area contributed by atoms with Crippen molar-refractivity contribution in [3.8, 4) is 0 Å². The van der Waals surface area contributed by atoms with E-state index < -0.39 is 0 Å². The van der Waals surface area contributed by atoms with Crippen molar-refractivity contribution in [2.45, 2.75) is 12.8 Å². The average Bonchev–Trinajstić information content (AvgIpc) is 2.55. The Bertz CT molecular complexity index is 375. The Balaban J connectivity index is 1.95. The molecular weight excluding hydrogens is 178 g/mol. The maximum atomic E-state index is 5.89. The van der Waals surface area contributed by atoms with Crippen LogP contribution in [0.5, 0.6) is 0 Å². The van der Waals surface area contributed by atoms with Crippen molar-refractivity contribution in [1.29, 1.82) is 0 Å². The molecule has 1 aromatic rings. The van der Waals surface area contributed by atoms with Gasteiger partial charge in [0.1, 0.15) is 5.82 Å². The molecule has 1 saturated heterocycles. The number of hydrogen-bond donors (Lipinski definition) is 1. The number of nitrogens with two attached hydrogens (primary N) is 1. The van der Waals surface area contributed by atoms with Crippen LogP contribution in [0, 0.1) is 18.8 Å². The summed E-state index contributed by atoms with van der Waals surface area (Å²) < 4.78 is 7.15. The molecule has 1 aliphatic heterocycles.